The molecular weight excluding hydrogens is 400 g/mol. The molecule has 1 atom stereocenters. The van der Waals surface area contributed by atoms with Gasteiger partial charge >= 0.3 is 0 Å². The summed E-state index contributed by atoms with van der Waals surface area (Å²) in [6.07, 6.45) is 3.61. The Morgan fingerprint density at radius 1 is 1.13 bits per heavy atom. The number of aromatic nitrogens is 3. The van der Waals surface area contributed by atoms with Crippen LogP contribution < -0.4 is 0 Å². The van der Waals surface area contributed by atoms with Gasteiger partial charge in [0.2, 0.25) is 0 Å². The molecule has 0 aliphatic carbocycles. The normalized spacial score (nSPS) is 16.5. The van der Waals surface area contributed by atoms with Crippen molar-refractivity contribution in [2.24, 2.45) is 0 Å². The molecule has 1 amide bonds. The minimum atomic E-state index is -0.279. The third-order valence-corrected chi connectivity index (χ3v) is 5.25. The number of amides is 1. The largest absolute Gasteiger partial charge is 0.368 e. The highest BCUT2D eigenvalue weighted by Crippen LogP contribution is 2.24. The first-order valence-electron chi connectivity index (χ1n) is 9.89. The molecule has 0 bridgehead atoms. The van der Waals surface area contributed by atoms with Gasteiger partial charge in [-0.15, -0.1) is 0 Å². The summed E-state index contributed by atoms with van der Waals surface area (Å²) < 4.78 is 5.97. The molecule has 30 heavy (non-hydrogen) atoms. The number of carbonyl (C=O) groups is 1. The summed E-state index contributed by atoms with van der Waals surface area (Å²) in [6.45, 7) is 5.22. The monoisotopic (exact) mass is 422 g/mol. The lowest BCUT2D eigenvalue weighted by Gasteiger charge is -2.32. The Morgan fingerprint density at radius 3 is 2.77 bits per heavy atom. The number of aryl methyl sites for hydroxylation is 2. The van der Waals surface area contributed by atoms with Crippen LogP contribution in [0, 0.1) is 13.8 Å². The third kappa shape index (κ3) is 4.83. The molecule has 154 valence electrons. The molecule has 1 aliphatic rings. The fourth-order valence-electron chi connectivity index (χ4n) is 3.60. The molecule has 0 unspecified atom stereocenters. The fourth-order valence-corrected chi connectivity index (χ4v) is 3.81. The van der Waals surface area contributed by atoms with E-state index in [4.69, 9.17) is 16.3 Å². The topological polar surface area (TPSA) is 68.2 Å². The molecule has 1 aromatic carbocycles. The zero-order valence-electron chi connectivity index (χ0n) is 17.0. The number of carbonyl (C=O) groups excluding carboxylic acids is 1. The van der Waals surface area contributed by atoms with E-state index in [0.29, 0.717) is 25.4 Å². The first-order valence-corrected chi connectivity index (χ1v) is 10.3. The lowest BCUT2D eigenvalue weighted by molar-refractivity contribution is -0.0250. The van der Waals surface area contributed by atoms with Crippen molar-refractivity contribution >= 4 is 17.5 Å². The molecule has 1 aliphatic heterocycles. The van der Waals surface area contributed by atoms with Crippen molar-refractivity contribution in [1.82, 2.24) is 19.9 Å². The number of nitrogens with zero attached hydrogens (tertiary/aromatic N) is 4. The summed E-state index contributed by atoms with van der Waals surface area (Å²) in [4.78, 5) is 27.7. The van der Waals surface area contributed by atoms with Crippen molar-refractivity contribution in [1.29, 1.82) is 0 Å². The first kappa shape index (κ1) is 20.4. The van der Waals surface area contributed by atoms with Crippen molar-refractivity contribution in [2.45, 2.75) is 26.4 Å². The molecule has 6 nitrogen and oxygen atoms in total. The van der Waals surface area contributed by atoms with Gasteiger partial charge in [0.25, 0.3) is 5.91 Å². The Hall–Kier alpha value is -2.83. The summed E-state index contributed by atoms with van der Waals surface area (Å²) in [5.74, 6) is -0.136. The minimum Gasteiger partial charge on any atom is -0.368 e. The summed E-state index contributed by atoms with van der Waals surface area (Å²) in [5.41, 5.74) is 5.15. The number of halogens is 1. The lowest BCUT2D eigenvalue weighted by Crippen LogP contribution is -2.42. The van der Waals surface area contributed by atoms with E-state index in [0.717, 1.165) is 39.7 Å². The number of pyridine rings is 1. The van der Waals surface area contributed by atoms with Crippen LogP contribution >= 0.6 is 11.6 Å². The Labute approximate surface area is 180 Å². The smallest absolute Gasteiger partial charge is 0.274 e. The number of rotatable bonds is 4. The van der Waals surface area contributed by atoms with E-state index in [1.165, 1.54) is 6.20 Å². The highest BCUT2D eigenvalue weighted by molar-refractivity contribution is 6.30. The van der Waals surface area contributed by atoms with Gasteiger partial charge in [0.1, 0.15) is 11.8 Å². The Balaban J connectivity index is 1.52. The molecule has 0 N–H and O–H groups in total. The molecular formula is C23H23ClN4O2. The maximum Gasteiger partial charge on any atom is 0.274 e. The molecule has 1 saturated heterocycles. The van der Waals surface area contributed by atoms with Crippen LogP contribution in [0.15, 0.2) is 48.8 Å². The van der Waals surface area contributed by atoms with Crippen LogP contribution in [0.2, 0.25) is 5.02 Å². The molecule has 4 rings (SSSR count). The highest BCUT2D eigenvalue weighted by atomic mass is 35.5. The second kappa shape index (κ2) is 8.90. The molecule has 2 aromatic heterocycles. The average Bonchev–Trinajstić information content (AvgIpc) is 2.73. The van der Waals surface area contributed by atoms with Crippen molar-refractivity contribution in [3.8, 4) is 0 Å². The van der Waals surface area contributed by atoms with E-state index in [1.807, 2.05) is 32.0 Å². The number of benzene rings is 1. The van der Waals surface area contributed by atoms with E-state index in [9.17, 15) is 4.79 Å². The van der Waals surface area contributed by atoms with E-state index < -0.39 is 0 Å². The average molecular weight is 423 g/mol. The molecule has 1 fully saturated rings. The van der Waals surface area contributed by atoms with Crippen molar-refractivity contribution in [3.05, 3.63) is 87.7 Å². The number of morpholine rings is 1. The van der Waals surface area contributed by atoms with Gasteiger partial charge in [0.15, 0.2) is 0 Å². The Morgan fingerprint density at radius 2 is 2.00 bits per heavy atom. The van der Waals surface area contributed by atoms with Crippen LogP contribution in [-0.2, 0) is 11.2 Å². The van der Waals surface area contributed by atoms with Crippen molar-refractivity contribution in [3.63, 3.8) is 0 Å². The van der Waals surface area contributed by atoms with Gasteiger partial charge in [-0.2, -0.15) is 0 Å². The predicted molar refractivity (Wildman–Crippen MR) is 115 cm³/mol. The fraction of sp³-hybridized carbons (Fsp3) is 0.304. The van der Waals surface area contributed by atoms with Crippen molar-refractivity contribution in [2.75, 3.05) is 19.7 Å². The van der Waals surface area contributed by atoms with E-state index in [2.05, 4.69) is 33.2 Å². The van der Waals surface area contributed by atoms with Gasteiger partial charge in [0.05, 0.1) is 30.7 Å². The Bertz CT molecular complexity index is 1060. The summed E-state index contributed by atoms with van der Waals surface area (Å²) in [6, 6.07) is 12.0. The van der Waals surface area contributed by atoms with Crippen LogP contribution in [0.3, 0.4) is 0 Å². The third-order valence-electron chi connectivity index (χ3n) is 5.01. The van der Waals surface area contributed by atoms with Gasteiger partial charge in [-0.1, -0.05) is 23.7 Å². The van der Waals surface area contributed by atoms with Gasteiger partial charge in [0, 0.05) is 23.5 Å². The van der Waals surface area contributed by atoms with Crippen LogP contribution in [-0.4, -0.2) is 45.5 Å². The van der Waals surface area contributed by atoms with Gasteiger partial charge in [-0.25, -0.2) is 4.98 Å². The van der Waals surface area contributed by atoms with Gasteiger partial charge < -0.3 is 9.64 Å². The highest BCUT2D eigenvalue weighted by Gasteiger charge is 2.28. The molecule has 7 heteroatoms. The zero-order chi connectivity index (χ0) is 21.1. The van der Waals surface area contributed by atoms with Crippen LogP contribution in [0.5, 0.6) is 0 Å². The lowest BCUT2D eigenvalue weighted by atomic mass is 10.0. The quantitative estimate of drug-likeness (QED) is 0.636. The van der Waals surface area contributed by atoms with Gasteiger partial charge in [-0.3, -0.25) is 14.8 Å². The number of hydrogen-bond donors (Lipinski definition) is 0. The van der Waals surface area contributed by atoms with Crippen LogP contribution in [0.1, 0.15) is 44.8 Å². The summed E-state index contributed by atoms with van der Waals surface area (Å²) in [5, 5.41) is 0.725. The second-order valence-electron chi connectivity index (χ2n) is 7.50. The van der Waals surface area contributed by atoms with E-state index in [1.54, 1.807) is 11.1 Å². The molecule has 3 heterocycles. The number of ether oxygens (including phenoxy) is 1. The number of hydrogen-bond acceptors (Lipinski definition) is 5. The van der Waals surface area contributed by atoms with Crippen LogP contribution in [0.25, 0.3) is 0 Å². The van der Waals surface area contributed by atoms with E-state index >= 15 is 0 Å². The molecule has 0 saturated carbocycles. The standard InChI is InChI=1S/C23H23ClN4O2/c1-15-8-18(9-17-4-3-5-19(24)10-17)11-20(27-15)22-14-28(6-7-30-22)23(29)21-13-25-16(2)12-26-21/h3-5,8,10-13,22H,6-7,9,14H2,1-2H3/t22-/m1/s1. The minimum absolute atomic E-state index is 0.136. The zero-order valence-corrected chi connectivity index (χ0v) is 17.8. The molecule has 0 radical (unpaired) electrons. The van der Waals surface area contributed by atoms with Gasteiger partial charge in [-0.05, 0) is 55.7 Å². The summed E-state index contributed by atoms with van der Waals surface area (Å²) in [7, 11) is 0. The maximum atomic E-state index is 12.8. The molecule has 0 spiro atoms. The molecule has 3 aromatic rings. The second-order valence-corrected chi connectivity index (χ2v) is 7.94. The predicted octanol–water partition coefficient (Wildman–Crippen LogP) is 3.95. The van der Waals surface area contributed by atoms with Crippen LogP contribution in [0.4, 0.5) is 0 Å². The maximum absolute atomic E-state index is 12.8. The Kier molecular flexibility index (Phi) is 6.06. The van der Waals surface area contributed by atoms with Crippen molar-refractivity contribution < 1.29 is 9.53 Å². The van der Waals surface area contributed by atoms with E-state index in [-0.39, 0.29) is 12.0 Å². The SMILES string of the molecule is Cc1cnc(C(=O)N2CCO[C@@H](c3cc(Cc4cccc(Cl)c4)cc(C)n3)C2)cn1. The summed E-state index contributed by atoms with van der Waals surface area (Å²) >= 11 is 6.12. The first-order chi connectivity index (χ1) is 14.5.